The Morgan fingerprint density at radius 1 is 1.39 bits per heavy atom. The first-order chi connectivity index (χ1) is 8.43. The number of nitrogens with zero attached hydrogens (tertiary/aromatic N) is 2. The van der Waals surface area contributed by atoms with Crippen LogP contribution in [0.25, 0.3) is 0 Å². The second kappa shape index (κ2) is 4.49. The zero-order chi connectivity index (χ0) is 13.4. The first kappa shape index (κ1) is 12.7. The maximum atomic E-state index is 13.8. The van der Waals surface area contributed by atoms with Gasteiger partial charge in [0.25, 0.3) is 0 Å². The SMILES string of the molecule is Cc1ccc(F)c(C(=O)c2c(Cl)cnn2C)c1F. The Bertz CT molecular complexity index is 618. The average molecular weight is 271 g/mol. The van der Waals surface area contributed by atoms with Crippen molar-refractivity contribution in [1.82, 2.24) is 9.78 Å². The Morgan fingerprint density at radius 2 is 2.06 bits per heavy atom. The van der Waals surface area contributed by atoms with E-state index in [4.69, 9.17) is 11.6 Å². The van der Waals surface area contributed by atoms with Crippen LogP contribution in [0, 0.1) is 18.6 Å². The first-order valence-corrected chi connectivity index (χ1v) is 5.48. The molecule has 2 aromatic rings. The molecule has 0 saturated carbocycles. The van der Waals surface area contributed by atoms with Gasteiger partial charge in [0, 0.05) is 7.05 Å². The number of benzene rings is 1. The van der Waals surface area contributed by atoms with Crippen molar-refractivity contribution >= 4 is 17.4 Å². The predicted molar refractivity (Wildman–Crippen MR) is 62.7 cm³/mol. The summed E-state index contributed by atoms with van der Waals surface area (Å²) in [6, 6.07) is 2.32. The van der Waals surface area contributed by atoms with Crippen molar-refractivity contribution in [3.05, 3.63) is 51.8 Å². The summed E-state index contributed by atoms with van der Waals surface area (Å²) in [5.74, 6) is -2.61. The highest BCUT2D eigenvalue weighted by Gasteiger charge is 2.25. The molecule has 2 rings (SSSR count). The van der Waals surface area contributed by atoms with Gasteiger partial charge in [-0.15, -0.1) is 0 Å². The lowest BCUT2D eigenvalue weighted by atomic mass is 10.0. The highest BCUT2D eigenvalue weighted by molar-refractivity contribution is 6.34. The van der Waals surface area contributed by atoms with Crippen LogP contribution in [0.4, 0.5) is 8.78 Å². The minimum atomic E-state index is -0.916. The topological polar surface area (TPSA) is 34.9 Å². The number of hydrogen-bond donors (Lipinski definition) is 0. The van der Waals surface area contributed by atoms with Crippen molar-refractivity contribution in [2.45, 2.75) is 6.92 Å². The molecule has 0 aliphatic rings. The molecule has 1 aromatic carbocycles. The lowest BCUT2D eigenvalue weighted by Crippen LogP contribution is -2.13. The van der Waals surface area contributed by atoms with Crippen molar-refractivity contribution in [3.8, 4) is 0 Å². The van der Waals surface area contributed by atoms with Gasteiger partial charge in [-0.2, -0.15) is 5.10 Å². The van der Waals surface area contributed by atoms with Crippen LogP contribution >= 0.6 is 11.6 Å². The van der Waals surface area contributed by atoms with Crippen LogP contribution in [-0.2, 0) is 7.05 Å². The monoisotopic (exact) mass is 270 g/mol. The molecule has 0 atom stereocenters. The zero-order valence-corrected chi connectivity index (χ0v) is 10.4. The molecule has 0 fully saturated rings. The van der Waals surface area contributed by atoms with E-state index in [9.17, 15) is 13.6 Å². The number of carbonyl (C=O) groups is 1. The lowest BCUT2D eigenvalue weighted by Gasteiger charge is -2.07. The van der Waals surface area contributed by atoms with E-state index >= 15 is 0 Å². The highest BCUT2D eigenvalue weighted by Crippen LogP contribution is 2.23. The molecule has 0 bridgehead atoms. The summed E-state index contributed by atoms with van der Waals surface area (Å²) in [6.07, 6.45) is 1.25. The molecule has 3 nitrogen and oxygen atoms in total. The average Bonchev–Trinajstić information content (AvgIpc) is 2.64. The molecular formula is C12H9ClF2N2O. The van der Waals surface area contributed by atoms with Crippen molar-refractivity contribution in [2.75, 3.05) is 0 Å². The Kier molecular flexibility index (Phi) is 3.17. The molecule has 0 aliphatic heterocycles. The number of aryl methyl sites for hydroxylation is 2. The van der Waals surface area contributed by atoms with Crippen molar-refractivity contribution in [2.24, 2.45) is 7.05 Å². The number of hydrogen-bond acceptors (Lipinski definition) is 2. The summed E-state index contributed by atoms with van der Waals surface area (Å²) in [7, 11) is 1.48. The van der Waals surface area contributed by atoms with Crippen LogP contribution in [0.15, 0.2) is 18.3 Å². The van der Waals surface area contributed by atoms with E-state index < -0.39 is 23.0 Å². The Morgan fingerprint density at radius 3 is 2.61 bits per heavy atom. The fourth-order valence-electron chi connectivity index (χ4n) is 1.65. The van der Waals surface area contributed by atoms with E-state index in [1.165, 1.54) is 30.9 Å². The smallest absolute Gasteiger partial charge is 0.218 e. The van der Waals surface area contributed by atoms with Crippen LogP contribution in [-0.4, -0.2) is 15.6 Å². The van der Waals surface area contributed by atoms with Gasteiger partial charge in [0.2, 0.25) is 5.78 Å². The summed E-state index contributed by atoms with van der Waals surface area (Å²) >= 11 is 5.79. The third-order valence-electron chi connectivity index (χ3n) is 2.62. The molecule has 0 unspecified atom stereocenters. The molecule has 0 aliphatic carbocycles. The number of halogens is 3. The van der Waals surface area contributed by atoms with Crippen molar-refractivity contribution < 1.29 is 13.6 Å². The number of aromatic nitrogens is 2. The molecule has 0 spiro atoms. The van der Waals surface area contributed by atoms with Crippen LogP contribution < -0.4 is 0 Å². The molecule has 94 valence electrons. The van der Waals surface area contributed by atoms with Gasteiger partial charge in [-0.3, -0.25) is 9.48 Å². The van der Waals surface area contributed by atoms with Gasteiger partial charge in [-0.05, 0) is 18.6 Å². The van der Waals surface area contributed by atoms with E-state index in [1.54, 1.807) is 0 Å². The molecule has 0 N–H and O–H groups in total. The van der Waals surface area contributed by atoms with Gasteiger partial charge in [0.1, 0.15) is 17.3 Å². The largest absolute Gasteiger partial charge is 0.287 e. The zero-order valence-electron chi connectivity index (χ0n) is 9.67. The Labute approximate surface area is 107 Å². The quantitative estimate of drug-likeness (QED) is 0.787. The van der Waals surface area contributed by atoms with Gasteiger partial charge in [0.15, 0.2) is 0 Å². The first-order valence-electron chi connectivity index (χ1n) is 5.10. The fourth-order valence-corrected chi connectivity index (χ4v) is 1.90. The van der Waals surface area contributed by atoms with E-state index in [2.05, 4.69) is 5.10 Å². The summed E-state index contributed by atoms with van der Waals surface area (Å²) in [5.41, 5.74) is -0.460. The van der Waals surface area contributed by atoms with E-state index in [1.807, 2.05) is 0 Å². The van der Waals surface area contributed by atoms with Crippen molar-refractivity contribution in [3.63, 3.8) is 0 Å². The summed E-state index contributed by atoms with van der Waals surface area (Å²) in [5, 5.41) is 3.82. The highest BCUT2D eigenvalue weighted by atomic mass is 35.5. The van der Waals surface area contributed by atoms with Gasteiger partial charge >= 0.3 is 0 Å². The fraction of sp³-hybridized carbons (Fsp3) is 0.167. The number of ketones is 1. The second-order valence-corrected chi connectivity index (χ2v) is 4.25. The summed E-state index contributed by atoms with van der Waals surface area (Å²) in [6.45, 7) is 1.45. The van der Waals surface area contributed by atoms with Gasteiger partial charge in [-0.25, -0.2) is 8.78 Å². The normalized spacial score (nSPS) is 10.7. The van der Waals surface area contributed by atoms with Gasteiger partial charge in [0.05, 0.1) is 16.8 Å². The molecule has 0 amide bonds. The van der Waals surface area contributed by atoms with Crippen LogP contribution in [0.3, 0.4) is 0 Å². The third kappa shape index (κ3) is 1.90. The minimum absolute atomic E-state index is 0.0416. The Balaban J connectivity index is 2.64. The van der Waals surface area contributed by atoms with E-state index in [0.717, 1.165) is 6.07 Å². The molecule has 0 saturated heterocycles. The standard InChI is InChI=1S/C12H9ClF2N2O/c1-6-3-4-8(14)9(10(6)15)12(18)11-7(13)5-16-17(11)2/h3-5H,1-2H3. The molecule has 0 radical (unpaired) electrons. The molecule has 1 heterocycles. The minimum Gasteiger partial charge on any atom is -0.287 e. The second-order valence-electron chi connectivity index (χ2n) is 3.85. The molecular weight excluding hydrogens is 262 g/mol. The maximum Gasteiger partial charge on any atom is 0.218 e. The van der Waals surface area contributed by atoms with Gasteiger partial charge in [-0.1, -0.05) is 17.7 Å². The molecule has 18 heavy (non-hydrogen) atoms. The summed E-state index contributed by atoms with van der Waals surface area (Å²) in [4.78, 5) is 12.1. The van der Waals surface area contributed by atoms with Crippen LogP contribution in [0.2, 0.25) is 5.02 Å². The summed E-state index contributed by atoms with van der Waals surface area (Å²) < 4.78 is 28.6. The number of rotatable bonds is 2. The van der Waals surface area contributed by atoms with Crippen LogP contribution in [0.5, 0.6) is 0 Å². The predicted octanol–water partition coefficient (Wildman–Crippen LogP) is 2.89. The Hall–Kier alpha value is -1.75. The third-order valence-corrected chi connectivity index (χ3v) is 2.90. The molecule has 1 aromatic heterocycles. The molecule has 6 heteroatoms. The van der Waals surface area contributed by atoms with Gasteiger partial charge < -0.3 is 0 Å². The van der Waals surface area contributed by atoms with Crippen molar-refractivity contribution in [1.29, 1.82) is 0 Å². The van der Waals surface area contributed by atoms with E-state index in [-0.39, 0.29) is 16.3 Å². The number of carbonyl (C=O) groups excluding carboxylic acids is 1. The van der Waals surface area contributed by atoms with Crippen LogP contribution in [0.1, 0.15) is 21.6 Å². The maximum absolute atomic E-state index is 13.8. The van der Waals surface area contributed by atoms with E-state index in [0.29, 0.717) is 0 Å². The lowest BCUT2D eigenvalue weighted by molar-refractivity contribution is 0.102.